The first-order chi connectivity index (χ1) is 12.5. The number of nitrogens with zero attached hydrogens (tertiary/aromatic N) is 1. The second-order valence-electron chi connectivity index (χ2n) is 5.65. The molecule has 26 heavy (non-hydrogen) atoms. The van der Waals surface area contributed by atoms with Crippen molar-refractivity contribution in [3.8, 4) is 0 Å². The van der Waals surface area contributed by atoms with Gasteiger partial charge >= 0.3 is 0 Å². The molecule has 0 fully saturated rings. The Kier molecular flexibility index (Phi) is 5.40. The summed E-state index contributed by atoms with van der Waals surface area (Å²) >= 11 is 6.28. The second-order valence-corrected chi connectivity index (χ2v) is 7.66. The van der Waals surface area contributed by atoms with Gasteiger partial charge in [0, 0.05) is 11.3 Å². The summed E-state index contributed by atoms with van der Waals surface area (Å²) in [5.74, 6) is 0.175. The molecule has 6 heteroatoms. The lowest BCUT2D eigenvalue weighted by Crippen LogP contribution is -2.17. The molecule has 0 atom stereocenters. The van der Waals surface area contributed by atoms with Crippen molar-refractivity contribution in [3.05, 3.63) is 95.0 Å². The minimum absolute atomic E-state index is 0.121. The first-order valence-electron chi connectivity index (χ1n) is 7.95. The van der Waals surface area contributed by atoms with E-state index in [2.05, 4.69) is 9.71 Å². The van der Waals surface area contributed by atoms with Crippen molar-refractivity contribution in [1.29, 1.82) is 0 Å². The average Bonchev–Trinajstić information content (AvgIpc) is 2.64. The highest BCUT2D eigenvalue weighted by atomic mass is 35.5. The van der Waals surface area contributed by atoms with E-state index in [1.807, 2.05) is 31.2 Å². The molecule has 3 rings (SSSR count). The van der Waals surface area contributed by atoms with Gasteiger partial charge in [-0.1, -0.05) is 60.1 Å². The van der Waals surface area contributed by atoms with Crippen LogP contribution >= 0.6 is 11.6 Å². The number of rotatable bonds is 4. The van der Waals surface area contributed by atoms with Gasteiger partial charge in [-0.2, -0.15) is 8.42 Å². The molecule has 0 bridgehead atoms. The van der Waals surface area contributed by atoms with E-state index >= 15 is 0 Å². The van der Waals surface area contributed by atoms with E-state index in [1.54, 1.807) is 42.5 Å². The zero-order valence-electron chi connectivity index (χ0n) is 14.1. The van der Waals surface area contributed by atoms with Crippen LogP contribution in [-0.4, -0.2) is 14.3 Å². The van der Waals surface area contributed by atoms with Gasteiger partial charge in [0.25, 0.3) is 10.0 Å². The number of hydrogen-bond acceptors (Lipinski definition) is 2. The van der Waals surface area contributed by atoms with E-state index < -0.39 is 10.0 Å². The number of aryl methyl sites for hydroxylation is 1. The molecule has 0 aliphatic heterocycles. The molecule has 0 unspecified atom stereocenters. The Morgan fingerprint density at radius 1 is 0.885 bits per heavy atom. The van der Waals surface area contributed by atoms with Crippen LogP contribution in [0.3, 0.4) is 0 Å². The summed E-state index contributed by atoms with van der Waals surface area (Å²) in [5, 5.41) is 3.53. The number of halogens is 1. The summed E-state index contributed by atoms with van der Waals surface area (Å²) in [6.45, 7) is 1.93. The molecule has 3 aromatic carbocycles. The van der Waals surface area contributed by atoms with Crippen LogP contribution in [0.25, 0.3) is 0 Å². The first-order valence-corrected chi connectivity index (χ1v) is 9.77. The second kappa shape index (κ2) is 7.72. The van der Waals surface area contributed by atoms with Crippen LogP contribution in [0.15, 0.2) is 88.2 Å². The molecular weight excluding hydrogens is 368 g/mol. The average molecular weight is 385 g/mol. The number of hydrogen-bond donors (Lipinski definition) is 1. The summed E-state index contributed by atoms with van der Waals surface area (Å²) in [5.41, 5.74) is 2.23. The lowest BCUT2D eigenvalue weighted by Gasteiger charge is -2.13. The molecule has 0 spiro atoms. The molecule has 0 heterocycles. The van der Waals surface area contributed by atoms with Crippen LogP contribution < -0.4 is 5.32 Å². The van der Waals surface area contributed by atoms with E-state index in [1.165, 1.54) is 12.1 Å². The van der Waals surface area contributed by atoms with Crippen molar-refractivity contribution in [2.75, 3.05) is 5.32 Å². The number of benzene rings is 3. The summed E-state index contributed by atoms with van der Waals surface area (Å²) in [6.07, 6.45) is 0. The fraction of sp³-hybridized carbons (Fsp3) is 0.0500. The minimum Gasteiger partial charge on any atom is -0.339 e. The lowest BCUT2D eigenvalue weighted by atomic mass is 10.1. The highest BCUT2D eigenvalue weighted by Gasteiger charge is 2.17. The maximum absolute atomic E-state index is 12.7. The molecule has 4 nitrogen and oxygen atoms in total. The van der Waals surface area contributed by atoms with E-state index in [4.69, 9.17) is 11.6 Å². The van der Waals surface area contributed by atoms with E-state index in [0.717, 1.165) is 11.3 Å². The van der Waals surface area contributed by atoms with Gasteiger partial charge in [0.05, 0.1) is 9.92 Å². The van der Waals surface area contributed by atoms with Gasteiger partial charge in [-0.3, -0.25) is 0 Å². The Morgan fingerprint density at radius 3 is 2.19 bits per heavy atom. The largest absolute Gasteiger partial charge is 0.339 e. The van der Waals surface area contributed by atoms with Crippen LogP contribution in [0.2, 0.25) is 5.02 Å². The van der Waals surface area contributed by atoms with Crippen molar-refractivity contribution >= 4 is 33.1 Å². The maximum Gasteiger partial charge on any atom is 0.284 e. The normalized spacial score (nSPS) is 12.0. The molecule has 132 valence electrons. The first kappa shape index (κ1) is 18.2. The van der Waals surface area contributed by atoms with Crippen molar-refractivity contribution in [1.82, 2.24) is 0 Å². The Labute approximate surface area is 158 Å². The van der Waals surface area contributed by atoms with Gasteiger partial charge < -0.3 is 5.32 Å². The smallest absolute Gasteiger partial charge is 0.284 e. The molecule has 0 saturated heterocycles. The van der Waals surface area contributed by atoms with Crippen LogP contribution in [0.5, 0.6) is 0 Å². The van der Waals surface area contributed by atoms with Gasteiger partial charge in [0.15, 0.2) is 5.84 Å². The van der Waals surface area contributed by atoms with Crippen LogP contribution in [0.1, 0.15) is 11.1 Å². The van der Waals surface area contributed by atoms with E-state index in [-0.39, 0.29) is 10.7 Å². The van der Waals surface area contributed by atoms with Gasteiger partial charge in [0.1, 0.15) is 0 Å². The Bertz CT molecular complexity index is 1050. The zero-order chi connectivity index (χ0) is 18.6. The maximum atomic E-state index is 12.7. The molecular formula is C20H17ClN2O2S. The lowest BCUT2D eigenvalue weighted by molar-refractivity contribution is 0.598. The molecule has 1 N–H and O–H groups in total. The summed E-state index contributed by atoms with van der Waals surface area (Å²) in [6, 6.07) is 22.6. The number of anilines is 1. The number of amidine groups is 1. The van der Waals surface area contributed by atoms with Gasteiger partial charge in [-0.15, -0.1) is 4.40 Å². The number of para-hydroxylation sites is 1. The topological polar surface area (TPSA) is 58.5 Å². The zero-order valence-corrected chi connectivity index (χ0v) is 15.6. The third-order valence-corrected chi connectivity index (χ3v) is 5.40. The highest BCUT2D eigenvalue weighted by molar-refractivity contribution is 7.90. The Morgan fingerprint density at radius 2 is 1.50 bits per heavy atom. The molecule has 0 radical (unpaired) electrons. The van der Waals surface area contributed by atoms with Gasteiger partial charge in [0.2, 0.25) is 0 Å². The summed E-state index contributed by atoms with van der Waals surface area (Å²) in [7, 11) is -3.89. The molecule has 0 saturated carbocycles. The molecule has 0 aliphatic rings. The monoisotopic (exact) mass is 384 g/mol. The third-order valence-electron chi connectivity index (χ3n) is 3.78. The van der Waals surface area contributed by atoms with E-state index in [9.17, 15) is 8.42 Å². The predicted molar refractivity (Wildman–Crippen MR) is 106 cm³/mol. The van der Waals surface area contributed by atoms with Gasteiger partial charge in [-0.05, 0) is 42.8 Å². The van der Waals surface area contributed by atoms with Crippen molar-refractivity contribution in [2.45, 2.75) is 11.8 Å². The fourth-order valence-corrected chi connectivity index (χ4v) is 3.61. The summed E-state index contributed by atoms with van der Waals surface area (Å²) < 4.78 is 29.5. The Balaban J connectivity index is 2.12. The van der Waals surface area contributed by atoms with Crippen molar-refractivity contribution in [3.63, 3.8) is 0 Å². The van der Waals surface area contributed by atoms with Crippen molar-refractivity contribution in [2.24, 2.45) is 4.40 Å². The standard InChI is InChI=1S/C20H17ClN2O2S/c1-15-9-5-8-14-19(15)22-20(17-12-6-7-13-18(17)21)23-26(24,25)16-10-3-2-4-11-16/h2-14H,1H3,(H,22,23). The van der Waals surface area contributed by atoms with Crippen molar-refractivity contribution < 1.29 is 8.42 Å². The minimum atomic E-state index is -3.89. The predicted octanol–water partition coefficient (Wildman–Crippen LogP) is 4.90. The van der Waals surface area contributed by atoms with Crippen LogP contribution in [-0.2, 0) is 10.0 Å². The quantitative estimate of drug-likeness (QED) is 0.514. The number of sulfonamides is 1. The SMILES string of the molecule is Cc1ccccc1N/C(=N\S(=O)(=O)c1ccccc1)c1ccccc1Cl. The van der Waals surface area contributed by atoms with Crippen LogP contribution in [0.4, 0.5) is 5.69 Å². The van der Waals surface area contributed by atoms with Gasteiger partial charge in [-0.25, -0.2) is 0 Å². The molecule has 0 aromatic heterocycles. The third kappa shape index (κ3) is 4.12. The fourth-order valence-electron chi connectivity index (χ4n) is 2.40. The molecule has 3 aromatic rings. The van der Waals surface area contributed by atoms with Crippen LogP contribution in [0, 0.1) is 6.92 Å². The summed E-state index contributed by atoms with van der Waals surface area (Å²) in [4.78, 5) is 0.121. The van der Waals surface area contributed by atoms with E-state index in [0.29, 0.717) is 10.6 Å². The number of nitrogens with one attached hydrogen (secondary N) is 1. The molecule has 0 amide bonds. The highest BCUT2D eigenvalue weighted by Crippen LogP contribution is 2.22. The Hall–Kier alpha value is -2.63. The molecule has 0 aliphatic carbocycles.